The fourth-order valence-electron chi connectivity index (χ4n) is 1.80. The van der Waals surface area contributed by atoms with Gasteiger partial charge >= 0.3 is 5.97 Å². The summed E-state index contributed by atoms with van der Waals surface area (Å²) in [7, 11) is 3.18. The molecule has 1 heterocycles. The van der Waals surface area contributed by atoms with Crippen LogP contribution in [-0.4, -0.2) is 32.6 Å². The van der Waals surface area contributed by atoms with Crippen molar-refractivity contribution in [1.82, 2.24) is 10.6 Å². The largest absolute Gasteiger partial charge is 0.469 e. The summed E-state index contributed by atoms with van der Waals surface area (Å²) in [5.41, 5.74) is 0. The number of aryl methyl sites for hydroxylation is 1. The van der Waals surface area contributed by atoms with Crippen molar-refractivity contribution in [2.24, 2.45) is 4.99 Å². The highest BCUT2D eigenvalue weighted by Gasteiger charge is 2.02. The number of unbranched alkanes of at least 4 members (excludes halogenated alkanes) is 1. The fourth-order valence-corrected chi connectivity index (χ4v) is 2.70. The molecule has 5 nitrogen and oxygen atoms in total. The molecule has 1 aromatic heterocycles. The van der Waals surface area contributed by atoms with Crippen molar-refractivity contribution in [3.05, 3.63) is 21.9 Å². The molecule has 7 heteroatoms. The number of rotatable bonds is 8. The fraction of sp³-hybridized carbons (Fsp3) is 0.600. The minimum Gasteiger partial charge on any atom is -0.469 e. The molecule has 0 aliphatic rings. The minimum atomic E-state index is -0.151. The maximum atomic E-state index is 11.0. The smallest absolute Gasteiger partial charge is 0.305 e. The van der Waals surface area contributed by atoms with E-state index in [1.165, 1.54) is 16.9 Å². The second-order valence-corrected chi connectivity index (χ2v) is 5.86. The molecular weight excluding hydrogens is 413 g/mol. The van der Waals surface area contributed by atoms with Crippen LogP contribution in [0.3, 0.4) is 0 Å². The highest BCUT2D eigenvalue weighted by atomic mass is 127. The van der Waals surface area contributed by atoms with Gasteiger partial charge in [0.25, 0.3) is 0 Å². The van der Waals surface area contributed by atoms with Crippen molar-refractivity contribution < 1.29 is 9.53 Å². The van der Waals surface area contributed by atoms with E-state index in [9.17, 15) is 4.79 Å². The monoisotopic (exact) mass is 439 g/mol. The number of ether oxygens (including phenoxy) is 1. The van der Waals surface area contributed by atoms with Crippen molar-refractivity contribution in [3.63, 3.8) is 0 Å². The molecular formula is C15H26IN3O2S. The van der Waals surface area contributed by atoms with Crippen LogP contribution in [0.25, 0.3) is 0 Å². The molecule has 0 aliphatic carbocycles. The summed E-state index contributed by atoms with van der Waals surface area (Å²) in [4.78, 5) is 17.9. The Labute approximate surface area is 154 Å². The summed E-state index contributed by atoms with van der Waals surface area (Å²) in [6, 6.07) is 4.32. The number of carbonyl (C=O) groups excluding carboxylic acids is 1. The summed E-state index contributed by atoms with van der Waals surface area (Å²) < 4.78 is 4.60. The first kappa shape index (κ1) is 21.2. The maximum Gasteiger partial charge on any atom is 0.305 e. The van der Waals surface area contributed by atoms with E-state index < -0.39 is 0 Å². The van der Waals surface area contributed by atoms with Crippen molar-refractivity contribution in [2.75, 3.05) is 20.7 Å². The first-order valence-corrected chi connectivity index (χ1v) is 8.10. The van der Waals surface area contributed by atoms with Crippen LogP contribution < -0.4 is 10.6 Å². The number of aliphatic imine (C=N–C) groups is 1. The molecule has 126 valence electrons. The number of carbonyl (C=O) groups is 1. The predicted octanol–water partition coefficient (Wildman–Crippen LogP) is 2.94. The third-order valence-electron chi connectivity index (χ3n) is 3.05. The lowest BCUT2D eigenvalue weighted by Gasteiger charge is -2.10. The molecule has 0 saturated heterocycles. The number of methoxy groups -OCH3 is 1. The second kappa shape index (κ2) is 12.7. The first-order valence-electron chi connectivity index (χ1n) is 7.28. The van der Waals surface area contributed by atoms with E-state index in [1.54, 1.807) is 7.05 Å². The molecule has 22 heavy (non-hydrogen) atoms. The molecule has 0 bridgehead atoms. The van der Waals surface area contributed by atoms with E-state index in [0.717, 1.165) is 38.3 Å². The predicted molar refractivity (Wildman–Crippen MR) is 103 cm³/mol. The molecule has 0 spiro atoms. The average molecular weight is 439 g/mol. The number of nitrogens with zero attached hydrogens (tertiary/aromatic N) is 1. The molecule has 1 aromatic rings. The van der Waals surface area contributed by atoms with Crippen LogP contribution in [0, 0.1) is 0 Å². The summed E-state index contributed by atoms with van der Waals surface area (Å²) in [5.74, 6) is 0.640. The van der Waals surface area contributed by atoms with Crippen LogP contribution in [0.15, 0.2) is 17.1 Å². The molecule has 2 N–H and O–H groups in total. The quantitative estimate of drug-likeness (QED) is 0.215. The van der Waals surface area contributed by atoms with Gasteiger partial charge in [-0.25, -0.2) is 0 Å². The Hall–Kier alpha value is -0.830. The van der Waals surface area contributed by atoms with Gasteiger partial charge in [0.1, 0.15) is 0 Å². The molecule has 0 aliphatic heterocycles. The Kier molecular flexibility index (Phi) is 12.2. The summed E-state index contributed by atoms with van der Waals surface area (Å²) in [6.07, 6.45) is 3.28. The van der Waals surface area contributed by atoms with E-state index in [2.05, 4.69) is 39.4 Å². The number of halogens is 1. The van der Waals surface area contributed by atoms with Gasteiger partial charge < -0.3 is 15.4 Å². The second-order valence-electron chi connectivity index (χ2n) is 4.61. The van der Waals surface area contributed by atoms with Gasteiger partial charge in [-0.15, -0.1) is 35.3 Å². The Morgan fingerprint density at radius 1 is 1.27 bits per heavy atom. The van der Waals surface area contributed by atoms with Crippen LogP contribution >= 0.6 is 35.3 Å². The van der Waals surface area contributed by atoms with Gasteiger partial charge in [0.2, 0.25) is 0 Å². The topological polar surface area (TPSA) is 62.7 Å². The van der Waals surface area contributed by atoms with Gasteiger partial charge in [0, 0.05) is 29.8 Å². The van der Waals surface area contributed by atoms with E-state index in [-0.39, 0.29) is 29.9 Å². The van der Waals surface area contributed by atoms with E-state index >= 15 is 0 Å². The lowest BCUT2D eigenvalue weighted by Crippen LogP contribution is -2.37. The van der Waals surface area contributed by atoms with Crippen LogP contribution in [0.2, 0.25) is 0 Å². The summed E-state index contributed by atoms with van der Waals surface area (Å²) in [6.45, 7) is 3.74. The third kappa shape index (κ3) is 8.57. The van der Waals surface area contributed by atoms with Crippen molar-refractivity contribution >= 4 is 47.2 Å². The van der Waals surface area contributed by atoms with Crippen molar-refractivity contribution in [1.29, 1.82) is 0 Å². The van der Waals surface area contributed by atoms with Gasteiger partial charge in [-0.3, -0.25) is 9.79 Å². The molecule has 0 saturated carbocycles. The SMILES string of the molecule is CCc1ccc(CNC(=NC)NCCCCC(=O)OC)s1.I. The number of nitrogens with one attached hydrogen (secondary N) is 2. The number of thiophene rings is 1. The summed E-state index contributed by atoms with van der Waals surface area (Å²) in [5, 5.41) is 6.54. The van der Waals surface area contributed by atoms with Crippen LogP contribution in [0.4, 0.5) is 0 Å². The Morgan fingerprint density at radius 2 is 2.00 bits per heavy atom. The van der Waals surface area contributed by atoms with E-state index in [0.29, 0.717) is 6.42 Å². The number of hydrogen-bond donors (Lipinski definition) is 2. The van der Waals surface area contributed by atoms with Gasteiger partial charge in [-0.1, -0.05) is 6.92 Å². The Balaban J connectivity index is 0.00000441. The number of esters is 1. The lowest BCUT2D eigenvalue weighted by molar-refractivity contribution is -0.140. The highest BCUT2D eigenvalue weighted by molar-refractivity contribution is 14.0. The molecule has 0 atom stereocenters. The van der Waals surface area contributed by atoms with Crippen molar-refractivity contribution in [3.8, 4) is 0 Å². The Bertz CT molecular complexity index is 463. The maximum absolute atomic E-state index is 11.0. The highest BCUT2D eigenvalue weighted by Crippen LogP contribution is 2.16. The van der Waals surface area contributed by atoms with Gasteiger partial charge in [-0.2, -0.15) is 0 Å². The minimum absolute atomic E-state index is 0. The van der Waals surface area contributed by atoms with Crippen LogP contribution in [0.5, 0.6) is 0 Å². The zero-order chi connectivity index (χ0) is 15.5. The normalized spacial score (nSPS) is 10.8. The molecule has 0 aromatic carbocycles. The lowest BCUT2D eigenvalue weighted by atomic mass is 10.2. The van der Waals surface area contributed by atoms with Crippen LogP contribution in [0.1, 0.15) is 35.9 Å². The summed E-state index contributed by atoms with van der Waals surface area (Å²) >= 11 is 1.83. The average Bonchev–Trinajstić information content (AvgIpc) is 2.97. The van der Waals surface area contributed by atoms with E-state index in [1.807, 2.05) is 11.3 Å². The zero-order valence-electron chi connectivity index (χ0n) is 13.5. The van der Waals surface area contributed by atoms with Crippen LogP contribution in [-0.2, 0) is 22.5 Å². The van der Waals surface area contributed by atoms with Crippen molar-refractivity contribution in [2.45, 2.75) is 39.2 Å². The van der Waals surface area contributed by atoms with Gasteiger partial charge in [-0.05, 0) is 31.4 Å². The number of guanidine groups is 1. The van der Waals surface area contributed by atoms with Gasteiger partial charge in [0.05, 0.1) is 13.7 Å². The van der Waals surface area contributed by atoms with E-state index in [4.69, 9.17) is 0 Å². The molecule has 1 rings (SSSR count). The van der Waals surface area contributed by atoms with Gasteiger partial charge in [0.15, 0.2) is 5.96 Å². The molecule has 0 amide bonds. The standard InChI is InChI=1S/C15H25N3O2S.HI/c1-4-12-8-9-13(21-12)11-18-15(16-2)17-10-6-5-7-14(19)20-3;/h8-9H,4-7,10-11H2,1-3H3,(H2,16,17,18);1H. The molecule has 0 unspecified atom stereocenters. The molecule has 0 radical (unpaired) electrons. The zero-order valence-corrected chi connectivity index (χ0v) is 16.6. The third-order valence-corrected chi connectivity index (χ3v) is 4.28. The Morgan fingerprint density at radius 3 is 2.59 bits per heavy atom. The number of hydrogen-bond acceptors (Lipinski definition) is 4. The molecule has 0 fully saturated rings. The first-order chi connectivity index (χ1) is 10.2.